The zero-order valence-corrected chi connectivity index (χ0v) is 11.0. The molecule has 18 heavy (non-hydrogen) atoms. The number of carboxylic acids is 1. The quantitative estimate of drug-likeness (QED) is 0.917. The lowest BCUT2D eigenvalue weighted by Gasteiger charge is -1.96. The van der Waals surface area contributed by atoms with Crippen molar-refractivity contribution in [2.45, 2.75) is 20.8 Å². The number of carbonyl (C=O) groups is 1. The van der Waals surface area contributed by atoms with Gasteiger partial charge in [0.1, 0.15) is 4.88 Å². The summed E-state index contributed by atoms with van der Waals surface area (Å²) < 4.78 is 10.5. The van der Waals surface area contributed by atoms with Crippen molar-refractivity contribution in [1.82, 2.24) is 9.97 Å². The van der Waals surface area contributed by atoms with Gasteiger partial charge in [0.15, 0.2) is 0 Å². The molecule has 2 rings (SSSR count). The van der Waals surface area contributed by atoms with Gasteiger partial charge in [0, 0.05) is 0 Å². The fourth-order valence-electron chi connectivity index (χ4n) is 1.50. The molecule has 2 aromatic heterocycles. The molecule has 0 bridgehead atoms. The lowest BCUT2D eigenvalue weighted by Crippen LogP contribution is -2.01. The Kier molecular flexibility index (Phi) is 3.33. The van der Waals surface area contributed by atoms with Crippen LogP contribution in [-0.4, -0.2) is 27.7 Å². The van der Waals surface area contributed by atoms with Gasteiger partial charge in [-0.05, 0) is 20.8 Å². The van der Waals surface area contributed by atoms with Gasteiger partial charge in [0.25, 0.3) is 0 Å². The van der Waals surface area contributed by atoms with E-state index in [4.69, 9.17) is 14.3 Å². The first kappa shape index (κ1) is 12.6. The summed E-state index contributed by atoms with van der Waals surface area (Å²) in [5, 5.41) is 9.88. The summed E-state index contributed by atoms with van der Waals surface area (Å²) in [4.78, 5) is 19.9. The van der Waals surface area contributed by atoms with Crippen LogP contribution in [0.25, 0.3) is 10.8 Å². The molecule has 0 amide bonds. The van der Waals surface area contributed by atoms with E-state index >= 15 is 0 Å². The Morgan fingerprint density at radius 1 is 1.44 bits per heavy atom. The van der Waals surface area contributed by atoms with Gasteiger partial charge < -0.3 is 14.3 Å². The number of ether oxygens (including phenoxy) is 1. The predicted molar refractivity (Wildman–Crippen MR) is 65.2 cm³/mol. The summed E-state index contributed by atoms with van der Waals surface area (Å²) in [5.74, 6) is -1.00. The molecular weight excluding hydrogens is 256 g/mol. The van der Waals surface area contributed by atoms with Crippen molar-refractivity contribution in [2.24, 2.45) is 0 Å². The van der Waals surface area contributed by atoms with E-state index in [0.717, 1.165) is 15.6 Å². The second-order valence-electron chi connectivity index (χ2n) is 3.54. The number of rotatable bonds is 4. The lowest BCUT2D eigenvalue weighted by molar-refractivity contribution is 0.0683. The van der Waals surface area contributed by atoms with Gasteiger partial charge in [-0.25, -0.2) is 9.78 Å². The average molecular weight is 268 g/mol. The van der Waals surface area contributed by atoms with Crippen LogP contribution < -0.4 is 4.74 Å². The van der Waals surface area contributed by atoms with Gasteiger partial charge in [0.05, 0.1) is 17.3 Å². The summed E-state index contributed by atoms with van der Waals surface area (Å²) in [5.41, 5.74) is 0.552. The molecule has 0 aliphatic rings. The Balaban J connectivity index is 2.49. The van der Waals surface area contributed by atoms with Crippen LogP contribution in [0.4, 0.5) is 0 Å². The summed E-state index contributed by atoms with van der Waals surface area (Å²) in [6.45, 7) is 5.75. The summed E-state index contributed by atoms with van der Waals surface area (Å²) in [6, 6.07) is 0. The maximum absolute atomic E-state index is 11.0. The topological polar surface area (TPSA) is 85.5 Å². The van der Waals surface area contributed by atoms with E-state index in [9.17, 15) is 4.79 Å². The Morgan fingerprint density at radius 2 is 2.17 bits per heavy atom. The Morgan fingerprint density at radius 3 is 2.67 bits per heavy atom. The number of carboxylic acid groups (broad SMARTS) is 1. The fourth-order valence-corrected chi connectivity index (χ4v) is 2.34. The average Bonchev–Trinajstić information content (AvgIpc) is 2.83. The molecular formula is C11H12N2O4S. The smallest absolute Gasteiger partial charge is 0.362 e. The van der Waals surface area contributed by atoms with Gasteiger partial charge in [-0.3, -0.25) is 0 Å². The first-order valence-corrected chi connectivity index (χ1v) is 6.16. The molecule has 0 saturated carbocycles. The van der Waals surface area contributed by atoms with E-state index in [1.807, 2.05) is 13.8 Å². The Hall–Kier alpha value is -1.89. The predicted octanol–water partition coefficient (Wildman–Crippen LogP) is 2.51. The third-order valence-corrected chi connectivity index (χ3v) is 3.23. The second-order valence-corrected chi connectivity index (χ2v) is 4.74. The van der Waals surface area contributed by atoms with E-state index in [1.54, 1.807) is 6.92 Å². The SMILES string of the molecule is CCOc1oc(-c2sc(C)nc2C)nc1C(=O)O. The van der Waals surface area contributed by atoms with Gasteiger partial charge in [-0.2, -0.15) is 4.98 Å². The van der Waals surface area contributed by atoms with E-state index in [2.05, 4.69) is 9.97 Å². The van der Waals surface area contributed by atoms with Crippen LogP contribution in [0.2, 0.25) is 0 Å². The molecule has 1 N–H and O–H groups in total. The normalized spacial score (nSPS) is 10.6. The molecule has 6 nitrogen and oxygen atoms in total. The number of aromatic carboxylic acids is 1. The molecule has 0 atom stereocenters. The Bertz CT molecular complexity index is 588. The highest BCUT2D eigenvalue weighted by Gasteiger charge is 2.23. The number of aryl methyl sites for hydroxylation is 2. The van der Waals surface area contributed by atoms with Crippen LogP contribution in [0.15, 0.2) is 4.42 Å². The molecule has 0 saturated heterocycles. The highest BCUT2D eigenvalue weighted by molar-refractivity contribution is 7.15. The number of hydrogen-bond donors (Lipinski definition) is 1. The molecule has 0 aliphatic heterocycles. The molecule has 2 aromatic rings. The number of oxazole rings is 1. The van der Waals surface area contributed by atoms with E-state index in [-0.39, 0.29) is 17.5 Å². The van der Waals surface area contributed by atoms with Crippen LogP contribution in [0.3, 0.4) is 0 Å². The molecule has 0 aromatic carbocycles. The first-order valence-electron chi connectivity index (χ1n) is 5.34. The minimum atomic E-state index is -1.17. The van der Waals surface area contributed by atoms with Crippen molar-refractivity contribution in [3.05, 3.63) is 16.4 Å². The molecule has 96 valence electrons. The van der Waals surface area contributed by atoms with E-state index < -0.39 is 5.97 Å². The minimum absolute atomic E-state index is 0.0644. The fraction of sp³-hybridized carbons (Fsp3) is 0.364. The van der Waals surface area contributed by atoms with Gasteiger partial charge in [0.2, 0.25) is 11.6 Å². The van der Waals surface area contributed by atoms with Crippen LogP contribution in [0, 0.1) is 13.8 Å². The van der Waals surface area contributed by atoms with Crippen LogP contribution in [0.5, 0.6) is 5.95 Å². The van der Waals surface area contributed by atoms with Crippen molar-refractivity contribution in [1.29, 1.82) is 0 Å². The third kappa shape index (κ3) is 2.21. The third-order valence-electron chi connectivity index (χ3n) is 2.17. The molecule has 0 unspecified atom stereocenters. The highest BCUT2D eigenvalue weighted by Crippen LogP contribution is 2.33. The molecule has 2 heterocycles. The Labute approximate surface area is 107 Å². The number of aromatic nitrogens is 2. The van der Waals surface area contributed by atoms with Gasteiger partial charge in [-0.1, -0.05) is 0 Å². The molecule has 7 heteroatoms. The molecule has 0 fully saturated rings. The zero-order chi connectivity index (χ0) is 13.3. The summed E-state index contributed by atoms with van der Waals surface area (Å²) in [6.07, 6.45) is 0. The monoisotopic (exact) mass is 268 g/mol. The van der Waals surface area contributed by atoms with Crippen molar-refractivity contribution >= 4 is 17.3 Å². The number of nitrogens with zero attached hydrogens (tertiary/aromatic N) is 2. The molecule has 0 spiro atoms. The largest absolute Gasteiger partial charge is 0.476 e. The summed E-state index contributed by atoms with van der Waals surface area (Å²) in [7, 11) is 0. The van der Waals surface area contributed by atoms with Gasteiger partial charge >= 0.3 is 11.9 Å². The van der Waals surface area contributed by atoms with Gasteiger partial charge in [-0.15, -0.1) is 11.3 Å². The zero-order valence-electron chi connectivity index (χ0n) is 10.2. The van der Waals surface area contributed by atoms with Crippen LogP contribution in [-0.2, 0) is 0 Å². The maximum Gasteiger partial charge on any atom is 0.362 e. The van der Waals surface area contributed by atoms with Crippen molar-refractivity contribution < 1.29 is 19.1 Å². The molecule has 0 aliphatic carbocycles. The minimum Gasteiger partial charge on any atom is -0.476 e. The lowest BCUT2D eigenvalue weighted by atomic mass is 10.4. The maximum atomic E-state index is 11.0. The first-order chi connectivity index (χ1) is 8.52. The standard InChI is InChI=1S/C11H12N2O4S/c1-4-16-11-7(10(14)15)13-9(17-11)8-5(2)12-6(3)18-8/h4H2,1-3H3,(H,14,15). The molecule has 0 radical (unpaired) electrons. The number of hydrogen-bond acceptors (Lipinski definition) is 6. The second kappa shape index (κ2) is 4.77. The summed E-state index contributed by atoms with van der Waals surface area (Å²) >= 11 is 1.40. The van der Waals surface area contributed by atoms with Crippen molar-refractivity contribution in [3.8, 4) is 16.7 Å². The van der Waals surface area contributed by atoms with Crippen molar-refractivity contribution in [2.75, 3.05) is 6.61 Å². The highest BCUT2D eigenvalue weighted by atomic mass is 32.1. The van der Waals surface area contributed by atoms with Crippen LogP contribution >= 0.6 is 11.3 Å². The van der Waals surface area contributed by atoms with Crippen molar-refractivity contribution in [3.63, 3.8) is 0 Å². The van der Waals surface area contributed by atoms with E-state index in [1.165, 1.54) is 11.3 Å². The van der Waals surface area contributed by atoms with E-state index in [0.29, 0.717) is 6.61 Å². The number of thiazole rings is 1. The van der Waals surface area contributed by atoms with Crippen LogP contribution in [0.1, 0.15) is 28.1 Å².